The van der Waals surface area contributed by atoms with Gasteiger partial charge in [-0.2, -0.15) is 0 Å². The van der Waals surface area contributed by atoms with Crippen molar-refractivity contribution in [3.05, 3.63) is 35.9 Å². The molecule has 0 radical (unpaired) electrons. The second-order valence-corrected chi connectivity index (χ2v) is 4.19. The molecule has 2 aromatic rings. The van der Waals surface area contributed by atoms with Gasteiger partial charge >= 0.3 is 0 Å². The summed E-state index contributed by atoms with van der Waals surface area (Å²) in [6.45, 7) is 1.83. The molecule has 2 aromatic heterocycles. The summed E-state index contributed by atoms with van der Waals surface area (Å²) in [5.41, 5.74) is 6.90. The van der Waals surface area contributed by atoms with Crippen LogP contribution < -0.4 is 5.73 Å². The molecular formula is C10H10N4O2S. The molecule has 0 aromatic carbocycles. The topological polar surface area (TPSA) is 97.5 Å². The minimum atomic E-state index is 0.0461. The predicted octanol–water partition coefficient (Wildman–Crippen LogP) is 1.62. The highest BCUT2D eigenvalue weighted by Gasteiger charge is 2.07. The molecule has 0 fully saturated rings. The summed E-state index contributed by atoms with van der Waals surface area (Å²) < 4.78 is 5.10. The van der Waals surface area contributed by atoms with E-state index in [0.29, 0.717) is 15.8 Å². The molecule has 0 spiro atoms. The summed E-state index contributed by atoms with van der Waals surface area (Å²) in [6, 6.07) is 3.44. The Morgan fingerprint density at radius 3 is 3.00 bits per heavy atom. The third-order valence-electron chi connectivity index (χ3n) is 1.93. The molecule has 0 saturated carbocycles. The number of amidine groups is 1. The van der Waals surface area contributed by atoms with Crippen molar-refractivity contribution in [2.75, 3.05) is 0 Å². The Morgan fingerprint density at radius 2 is 2.35 bits per heavy atom. The maximum absolute atomic E-state index is 8.63. The zero-order valence-corrected chi connectivity index (χ0v) is 9.81. The molecule has 0 saturated heterocycles. The van der Waals surface area contributed by atoms with Crippen molar-refractivity contribution in [3.63, 3.8) is 0 Å². The fourth-order valence-corrected chi connectivity index (χ4v) is 2.02. The number of nitrogens with zero attached hydrogens (tertiary/aromatic N) is 3. The lowest BCUT2D eigenvalue weighted by molar-refractivity contribution is 0.318. The van der Waals surface area contributed by atoms with Crippen molar-refractivity contribution in [1.82, 2.24) is 9.97 Å². The molecule has 0 amide bonds. The Labute approximate surface area is 102 Å². The molecule has 0 bridgehead atoms. The van der Waals surface area contributed by atoms with Crippen molar-refractivity contribution in [2.45, 2.75) is 17.2 Å². The van der Waals surface area contributed by atoms with E-state index < -0.39 is 0 Å². The van der Waals surface area contributed by atoms with Gasteiger partial charge in [0.1, 0.15) is 11.3 Å². The van der Waals surface area contributed by atoms with Crippen LogP contribution in [0.3, 0.4) is 0 Å². The molecule has 0 atom stereocenters. The highest BCUT2D eigenvalue weighted by molar-refractivity contribution is 7.99. The van der Waals surface area contributed by atoms with E-state index in [9.17, 15) is 0 Å². The zero-order valence-electron chi connectivity index (χ0n) is 8.99. The summed E-state index contributed by atoms with van der Waals surface area (Å²) in [4.78, 5) is 8.28. The first-order valence-electron chi connectivity index (χ1n) is 4.73. The van der Waals surface area contributed by atoms with Crippen molar-refractivity contribution in [1.29, 1.82) is 0 Å². The lowest BCUT2D eigenvalue weighted by Crippen LogP contribution is -2.13. The second-order valence-electron chi connectivity index (χ2n) is 3.22. The number of rotatable bonds is 3. The van der Waals surface area contributed by atoms with Crippen LogP contribution in [0.15, 0.2) is 44.4 Å². The number of hydrogen-bond donors (Lipinski definition) is 2. The quantitative estimate of drug-likeness (QED) is 0.372. The number of nitrogens with two attached hydrogens (primary N) is 1. The minimum Gasteiger partial charge on any atom is -0.440 e. The summed E-state index contributed by atoms with van der Waals surface area (Å²) in [5, 5.41) is 12.8. The third kappa shape index (κ3) is 2.76. The Hall–Kier alpha value is -2.02. The van der Waals surface area contributed by atoms with Gasteiger partial charge in [-0.3, -0.25) is 0 Å². The molecule has 6 nitrogen and oxygen atoms in total. The molecule has 0 aliphatic rings. The molecule has 3 N–H and O–H groups in total. The lowest BCUT2D eigenvalue weighted by Gasteiger charge is -2.03. The maximum Gasteiger partial charge on any atom is 0.261 e. The third-order valence-corrected chi connectivity index (χ3v) is 2.73. The van der Waals surface area contributed by atoms with Crippen LogP contribution in [0.2, 0.25) is 0 Å². The van der Waals surface area contributed by atoms with Gasteiger partial charge in [0.25, 0.3) is 5.22 Å². The summed E-state index contributed by atoms with van der Waals surface area (Å²) in [7, 11) is 0. The lowest BCUT2D eigenvalue weighted by atomic mass is 10.2. The number of pyridine rings is 1. The molecule has 2 heterocycles. The van der Waals surface area contributed by atoms with Gasteiger partial charge < -0.3 is 15.4 Å². The van der Waals surface area contributed by atoms with E-state index in [1.807, 2.05) is 6.92 Å². The Morgan fingerprint density at radius 1 is 1.53 bits per heavy atom. The van der Waals surface area contributed by atoms with Gasteiger partial charge in [0.2, 0.25) is 0 Å². The van der Waals surface area contributed by atoms with Crippen molar-refractivity contribution >= 4 is 17.6 Å². The van der Waals surface area contributed by atoms with E-state index in [0.717, 1.165) is 5.69 Å². The van der Waals surface area contributed by atoms with Gasteiger partial charge in [-0.25, -0.2) is 9.97 Å². The summed E-state index contributed by atoms with van der Waals surface area (Å²) in [5.74, 6) is 0.0461. The first kappa shape index (κ1) is 11.5. The van der Waals surface area contributed by atoms with Crippen molar-refractivity contribution in [2.24, 2.45) is 10.9 Å². The van der Waals surface area contributed by atoms with Crippen molar-refractivity contribution in [3.8, 4) is 0 Å². The van der Waals surface area contributed by atoms with Gasteiger partial charge in [-0.05, 0) is 30.8 Å². The highest BCUT2D eigenvalue weighted by Crippen LogP contribution is 2.25. The standard InChI is InChI=1S/C10H10N4O2S/c1-6-4-7(9(11)14-15)5-8(13-6)17-10-12-2-3-16-10/h2-5,15H,1H3,(H2,11,14). The number of oxazole rings is 1. The number of aromatic nitrogens is 2. The largest absolute Gasteiger partial charge is 0.440 e. The Bertz CT molecular complexity index is 539. The van der Waals surface area contributed by atoms with Crippen LogP contribution in [0.25, 0.3) is 0 Å². The van der Waals surface area contributed by atoms with Crippen molar-refractivity contribution < 1.29 is 9.62 Å². The molecule has 2 rings (SSSR count). The van der Waals surface area contributed by atoms with Crippen LogP contribution in [0.1, 0.15) is 11.3 Å². The number of aryl methyl sites for hydroxylation is 1. The smallest absolute Gasteiger partial charge is 0.261 e. The molecule has 7 heteroatoms. The summed E-state index contributed by atoms with van der Waals surface area (Å²) in [6.07, 6.45) is 3.05. The van der Waals surface area contributed by atoms with Crippen LogP contribution in [0, 0.1) is 6.92 Å². The fourth-order valence-electron chi connectivity index (χ4n) is 1.25. The zero-order chi connectivity index (χ0) is 12.3. The van der Waals surface area contributed by atoms with Crippen LogP contribution in [-0.4, -0.2) is 21.0 Å². The van der Waals surface area contributed by atoms with Gasteiger partial charge in [0.05, 0.1) is 6.20 Å². The van der Waals surface area contributed by atoms with E-state index in [2.05, 4.69) is 15.1 Å². The van der Waals surface area contributed by atoms with Gasteiger partial charge in [0, 0.05) is 11.3 Å². The number of oxime groups is 1. The average Bonchev–Trinajstić information content (AvgIpc) is 2.80. The van der Waals surface area contributed by atoms with Crippen LogP contribution in [0.4, 0.5) is 0 Å². The Kier molecular flexibility index (Phi) is 3.29. The highest BCUT2D eigenvalue weighted by atomic mass is 32.2. The monoisotopic (exact) mass is 250 g/mol. The second kappa shape index (κ2) is 4.88. The SMILES string of the molecule is Cc1cc(/C(N)=N/O)cc(Sc2ncco2)n1. The molecular weight excluding hydrogens is 240 g/mol. The van der Waals surface area contributed by atoms with E-state index >= 15 is 0 Å². The normalized spacial score (nSPS) is 11.7. The van der Waals surface area contributed by atoms with Crippen LogP contribution in [0.5, 0.6) is 0 Å². The average molecular weight is 250 g/mol. The molecule has 88 valence electrons. The van der Waals surface area contributed by atoms with E-state index in [1.165, 1.54) is 18.0 Å². The number of hydrogen-bond acceptors (Lipinski definition) is 6. The summed E-state index contributed by atoms with van der Waals surface area (Å²) >= 11 is 1.27. The van der Waals surface area contributed by atoms with Crippen LogP contribution >= 0.6 is 11.8 Å². The van der Waals surface area contributed by atoms with Gasteiger partial charge in [-0.15, -0.1) is 0 Å². The van der Waals surface area contributed by atoms with E-state index in [-0.39, 0.29) is 5.84 Å². The Balaban J connectivity index is 2.32. The molecule has 17 heavy (non-hydrogen) atoms. The first-order chi connectivity index (χ1) is 8.19. The minimum absolute atomic E-state index is 0.0461. The molecule has 0 aliphatic carbocycles. The predicted molar refractivity (Wildman–Crippen MR) is 62.1 cm³/mol. The molecule has 0 aliphatic heterocycles. The van der Waals surface area contributed by atoms with Gasteiger partial charge in [-0.1, -0.05) is 5.16 Å². The first-order valence-corrected chi connectivity index (χ1v) is 5.54. The fraction of sp³-hybridized carbons (Fsp3) is 0.100. The van der Waals surface area contributed by atoms with E-state index in [4.69, 9.17) is 15.4 Å². The van der Waals surface area contributed by atoms with Crippen LogP contribution in [-0.2, 0) is 0 Å². The van der Waals surface area contributed by atoms with Gasteiger partial charge in [0.15, 0.2) is 5.84 Å². The maximum atomic E-state index is 8.63. The van der Waals surface area contributed by atoms with E-state index in [1.54, 1.807) is 18.3 Å². The molecule has 0 unspecified atom stereocenters.